The van der Waals surface area contributed by atoms with Gasteiger partial charge >= 0.3 is 0 Å². The van der Waals surface area contributed by atoms with Gasteiger partial charge in [0, 0.05) is 17.5 Å². The summed E-state index contributed by atoms with van der Waals surface area (Å²) in [6, 6.07) is 8.33. The third kappa shape index (κ3) is 2.82. The number of hydrogen-bond donors (Lipinski definition) is 1. The number of hydrogen-bond acceptors (Lipinski definition) is 2. The predicted octanol–water partition coefficient (Wildman–Crippen LogP) is 3.61. The smallest absolute Gasteiger partial charge is 0.254 e. The quantitative estimate of drug-likeness (QED) is 0.906. The van der Waals surface area contributed by atoms with Gasteiger partial charge in [0.05, 0.1) is 5.69 Å². The first-order valence-corrected chi connectivity index (χ1v) is 7.03. The highest BCUT2D eigenvalue weighted by atomic mass is 16.1. The average Bonchev–Trinajstić information content (AvgIpc) is 2.41. The minimum absolute atomic E-state index is 0.0493. The van der Waals surface area contributed by atoms with Gasteiger partial charge in [-0.2, -0.15) is 0 Å². The molecule has 0 aliphatic carbocycles. The summed E-state index contributed by atoms with van der Waals surface area (Å²) in [5, 5.41) is 0. The Hall–Kier alpha value is -1.90. The van der Waals surface area contributed by atoms with Crippen molar-refractivity contribution in [2.75, 3.05) is 0 Å². The number of aromatic amines is 1. The lowest BCUT2D eigenvalue weighted by atomic mass is 9.86. The van der Waals surface area contributed by atoms with E-state index < -0.39 is 0 Å². The summed E-state index contributed by atoms with van der Waals surface area (Å²) >= 11 is 0. The molecule has 0 spiro atoms. The lowest BCUT2D eigenvalue weighted by Gasteiger charge is -2.19. The Balaban J connectivity index is 2.52. The van der Waals surface area contributed by atoms with Crippen molar-refractivity contribution in [2.24, 2.45) is 0 Å². The standard InChI is InChI=1S/C17H22N2O/c1-6-14-18-15(11(2)16(20)19-14)12-7-9-13(10-8-12)17(3,4)5/h7-10H,6H2,1-5H3,(H,18,19,20). The van der Waals surface area contributed by atoms with Crippen molar-refractivity contribution in [3.05, 3.63) is 51.6 Å². The topological polar surface area (TPSA) is 45.8 Å². The molecule has 2 aromatic rings. The second-order valence-electron chi connectivity index (χ2n) is 6.17. The molecular weight excluding hydrogens is 248 g/mol. The van der Waals surface area contributed by atoms with E-state index >= 15 is 0 Å². The summed E-state index contributed by atoms with van der Waals surface area (Å²) in [4.78, 5) is 19.3. The highest BCUT2D eigenvalue weighted by Crippen LogP contribution is 2.26. The summed E-state index contributed by atoms with van der Waals surface area (Å²) in [6.45, 7) is 10.4. The molecule has 0 radical (unpaired) electrons. The average molecular weight is 270 g/mol. The fourth-order valence-electron chi connectivity index (χ4n) is 2.16. The van der Waals surface area contributed by atoms with Crippen molar-refractivity contribution < 1.29 is 0 Å². The maximum atomic E-state index is 11.9. The van der Waals surface area contributed by atoms with E-state index in [1.54, 1.807) is 0 Å². The van der Waals surface area contributed by atoms with Crippen LogP contribution in [0.3, 0.4) is 0 Å². The molecule has 0 fully saturated rings. The molecule has 0 bridgehead atoms. The van der Waals surface area contributed by atoms with Gasteiger partial charge in [0.1, 0.15) is 5.82 Å². The van der Waals surface area contributed by atoms with Gasteiger partial charge in [0.2, 0.25) is 0 Å². The van der Waals surface area contributed by atoms with Gasteiger partial charge in [-0.1, -0.05) is 52.0 Å². The van der Waals surface area contributed by atoms with E-state index in [1.165, 1.54) is 5.56 Å². The highest BCUT2D eigenvalue weighted by Gasteiger charge is 2.14. The van der Waals surface area contributed by atoms with Crippen LogP contribution in [0.25, 0.3) is 11.3 Å². The molecule has 20 heavy (non-hydrogen) atoms. The van der Waals surface area contributed by atoms with Gasteiger partial charge in [0.25, 0.3) is 5.56 Å². The number of nitrogens with zero attached hydrogens (tertiary/aromatic N) is 1. The second-order valence-corrected chi connectivity index (χ2v) is 6.17. The number of nitrogens with one attached hydrogen (secondary N) is 1. The van der Waals surface area contributed by atoms with Crippen molar-refractivity contribution in [1.82, 2.24) is 9.97 Å². The number of rotatable bonds is 2. The zero-order valence-electron chi connectivity index (χ0n) is 12.9. The molecule has 0 saturated heterocycles. The molecule has 0 atom stereocenters. The van der Waals surface area contributed by atoms with Crippen LogP contribution in [0.15, 0.2) is 29.1 Å². The Morgan fingerprint density at radius 3 is 2.25 bits per heavy atom. The van der Waals surface area contributed by atoms with Crippen molar-refractivity contribution in [3.8, 4) is 11.3 Å². The molecular formula is C17H22N2O. The number of aryl methyl sites for hydroxylation is 1. The Morgan fingerprint density at radius 1 is 1.15 bits per heavy atom. The summed E-state index contributed by atoms with van der Waals surface area (Å²) in [5.41, 5.74) is 3.81. The number of benzene rings is 1. The van der Waals surface area contributed by atoms with E-state index in [0.29, 0.717) is 5.56 Å². The molecule has 1 aromatic heterocycles. The SMILES string of the molecule is CCc1nc(-c2ccc(C(C)(C)C)cc2)c(C)c(=O)[nH]1. The van der Waals surface area contributed by atoms with E-state index in [9.17, 15) is 4.79 Å². The Labute approximate surface area is 120 Å². The molecule has 1 heterocycles. The molecule has 0 unspecified atom stereocenters. The van der Waals surface area contributed by atoms with E-state index in [4.69, 9.17) is 0 Å². The summed E-state index contributed by atoms with van der Waals surface area (Å²) in [6.07, 6.45) is 0.725. The lowest BCUT2D eigenvalue weighted by molar-refractivity contribution is 0.590. The Morgan fingerprint density at radius 2 is 1.75 bits per heavy atom. The second kappa shape index (κ2) is 5.23. The fraction of sp³-hybridized carbons (Fsp3) is 0.412. The van der Waals surface area contributed by atoms with E-state index in [-0.39, 0.29) is 11.0 Å². The van der Waals surface area contributed by atoms with Crippen molar-refractivity contribution in [2.45, 2.75) is 46.5 Å². The Kier molecular flexibility index (Phi) is 3.80. The van der Waals surface area contributed by atoms with Crippen LogP contribution in [-0.4, -0.2) is 9.97 Å². The van der Waals surface area contributed by atoms with Gasteiger partial charge in [-0.3, -0.25) is 4.79 Å². The van der Waals surface area contributed by atoms with Crippen LogP contribution in [0.1, 0.15) is 44.6 Å². The van der Waals surface area contributed by atoms with Crippen LogP contribution >= 0.6 is 0 Å². The molecule has 1 N–H and O–H groups in total. The van der Waals surface area contributed by atoms with E-state index in [0.717, 1.165) is 23.5 Å². The number of H-pyrrole nitrogens is 1. The maximum absolute atomic E-state index is 11.9. The van der Waals surface area contributed by atoms with Gasteiger partial charge < -0.3 is 4.98 Å². The summed E-state index contributed by atoms with van der Waals surface area (Å²) in [7, 11) is 0. The van der Waals surface area contributed by atoms with Crippen LogP contribution in [0.5, 0.6) is 0 Å². The minimum Gasteiger partial charge on any atom is -0.310 e. The van der Waals surface area contributed by atoms with Crippen LogP contribution in [-0.2, 0) is 11.8 Å². The summed E-state index contributed by atoms with van der Waals surface area (Å²) < 4.78 is 0. The van der Waals surface area contributed by atoms with Crippen LogP contribution in [0, 0.1) is 6.92 Å². The van der Waals surface area contributed by atoms with Crippen LogP contribution < -0.4 is 5.56 Å². The zero-order valence-corrected chi connectivity index (χ0v) is 12.9. The monoisotopic (exact) mass is 270 g/mol. The molecule has 0 amide bonds. The Bertz CT molecular complexity index is 661. The molecule has 3 nitrogen and oxygen atoms in total. The predicted molar refractivity (Wildman–Crippen MR) is 83.1 cm³/mol. The molecule has 3 heteroatoms. The first kappa shape index (κ1) is 14.5. The van der Waals surface area contributed by atoms with Crippen LogP contribution in [0.4, 0.5) is 0 Å². The zero-order chi connectivity index (χ0) is 14.9. The lowest BCUT2D eigenvalue weighted by Crippen LogP contribution is -2.16. The fourth-order valence-corrected chi connectivity index (χ4v) is 2.16. The third-order valence-electron chi connectivity index (χ3n) is 3.56. The van der Waals surface area contributed by atoms with Crippen molar-refractivity contribution in [3.63, 3.8) is 0 Å². The molecule has 106 valence electrons. The summed E-state index contributed by atoms with van der Waals surface area (Å²) in [5.74, 6) is 0.732. The highest BCUT2D eigenvalue weighted by molar-refractivity contribution is 5.62. The molecule has 0 aliphatic heterocycles. The maximum Gasteiger partial charge on any atom is 0.254 e. The normalized spacial score (nSPS) is 11.7. The molecule has 0 aliphatic rings. The van der Waals surface area contributed by atoms with Gasteiger partial charge in [-0.25, -0.2) is 4.98 Å². The van der Waals surface area contributed by atoms with Crippen molar-refractivity contribution in [1.29, 1.82) is 0 Å². The first-order valence-electron chi connectivity index (χ1n) is 7.03. The van der Waals surface area contributed by atoms with Gasteiger partial charge in [0.15, 0.2) is 0 Å². The third-order valence-corrected chi connectivity index (χ3v) is 3.56. The van der Waals surface area contributed by atoms with Crippen molar-refractivity contribution >= 4 is 0 Å². The largest absolute Gasteiger partial charge is 0.310 e. The molecule has 2 rings (SSSR count). The van der Waals surface area contributed by atoms with Gasteiger partial charge in [-0.05, 0) is 17.9 Å². The molecule has 0 saturated carbocycles. The van der Waals surface area contributed by atoms with Crippen LogP contribution in [0.2, 0.25) is 0 Å². The minimum atomic E-state index is -0.0493. The van der Waals surface area contributed by atoms with E-state index in [1.807, 2.05) is 13.8 Å². The number of aromatic nitrogens is 2. The first-order chi connectivity index (χ1) is 9.32. The van der Waals surface area contributed by atoms with Gasteiger partial charge in [-0.15, -0.1) is 0 Å². The van der Waals surface area contributed by atoms with E-state index in [2.05, 4.69) is 55.0 Å². The molecule has 1 aromatic carbocycles.